The van der Waals surface area contributed by atoms with Gasteiger partial charge in [0.25, 0.3) is 0 Å². The molecule has 1 aromatic heterocycles. The van der Waals surface area contributed by atoms with Gasteiger partial charge in [-0.1, -0.05) is 30.7 Å². The number of ketones is 1. The summed E-state index contributed by atoms with van der Waals surface area (Å²) in [5.41, 5.74) is 2.15. The van der Waals surface area contributed by atoms with Gasteiger partial charge in [0.1, 0.15) is 10.8 Å². The van der Waals surface area contributed by atoms with Crippen LogP contribution in [0.4, 0.5) is 0 Å². The van der Waals surface area contributed by atoms with Crippen LogP contribution in [0.25, 0.3) is 16.1 Å². The van der Waals surface area contributed by atoms with Gasteiger partial charge in [-0.2, -0.15) is 0 Å². The normalized spacial score (nSPS) is 29.0. The first-order valence-electron chi connectivity index (χ1n) is 11.0. The minimum atomic E-state index is -0.249. The maximum atomic E-state index is 13.6. The van der Waals surface area contributed by atoms with Crippen molar-refractivity contribution in [1.82, 2.24) is 4.98 Å². The number of carbonyl (C=O) groups is 2. The van der Waals surface area contributed by atoms with E-state index in [2.05, 4.69) is 6.92 Å². The van der Waals surface area contributed by atoms with Gasteiger partial charge in [-0.3, -0.25) is 9.59 Å². The van der Waals surface area contributed by atoms with E-state index in [1.54, 1.807) is 11.3 Å². The van der Waals surface area contributed by atoms with Gasteiger partial charge in [-0.25, -0.2) is 4.98 Å². The average Bonchev–Trinajstić information content (AvgIpc) is 3.10. The molecule has 2 aromatic rings. The van der Waals surface area contributed by atoms with E-state index in [-0.39, 0.29) is 41.7 Å². The molecule has 31 heavy (non-hydrogen) atoms. The molecule has 7 heteroatoms. The fourth-order valence-electron chi connectivity index (χ4n) is 5.16. The number of nitrogens with zero attached hydrogens (tertiary/aromatic N) is 1. The van der Waals surface area contributed by atoms with Crippen molar-refractivity contribution >= 4 is 40.3 Å². The van der Waals surface area contributed by atoms with E-state index in [4.69, 9.17) is 26.1 Å². The lowest BCUT2D eigenvalue weighted by Gasteiger charge is -2.21. The standard InChI is InChI=1S/C24H22ClNO4S/c1-2-16-20(26-23(31-16)11-5-7-13(25)8-6-11)19-21(27)17-14-9-10-15(29-14)18(17)22(19)30-24(28)12-3-4-12/h5-8,12,14-15,17-18H,2-4,9-10H2,1H3/t14?,15?,17-,18+/m1/s1. The van der Waals surface area contributed by atoms with Crippen LogP contribution in [0.3, 0.4) is 0 Å². The summed E-state index contributed by atoms with van der Waals surface area (Å²) in [7, 11) is 0. The third-order valence-corrected chi connectivity index (χ3v) is 8.34. The average molecular weight is 456 g/mol. The number of ether oxygens (including phenoxy) is 2. The van der Waals surface area contributed by atoms with E-state index in [9.17, 15) is 9.59 Å². The quantitative estimate of drug-likeness (QED) is 0.589. The molecule has 0 radical (unpaired) electrons. The van der Waals surface area contributed by atoms with Crippen LogP contribution in [0.1, 0.15) is 43.2 Å². The largest absolute Gasteiger partial charge is 0.430 e. The number of halogens is 1. The Labute approximate surface area is 189 Å². The Morgan fingerprint density at radius 1 is 1.16 bits per heavy atom. The molecule has 3 fully saturated rings. The van der Waals surface area contributed by atoms with Gasteiger partial charge in [0.05, 0.1) is 41.2 Å². The molecular weight excluding hydrogens is 434 g/mol. The van der Waals surface area contributed by atoms with Crippen LogP contribution in [0, 0.1) is 17.8 Å². The molecule has 2 aliphatic carbocycles. The summed E-state index contributed by atoms with van der Waals surface area (Å²) in [6, 6.07) is 7.55. The Morgan fingerprint density at radius 3 is 2.55 bits per heavy atom. The van der Waals surface area contributed by atoms with E-state index in [0.29, 0.717) is 22.0 Å². The Morgan fingerprint density at radius 2 is 1.87 bits per heavy atom. The van der Waals surface area contributed by atoms with Crippen LogP contribution in [0.5, 0.6) is 0 Å². The first kappa shape index (κ1) is 19.6. The van der Waals surface area contributed by atoms with Crippen LogP contribution < -0.4 is 0 Å². The van der Waals surface area contributed by atoms with Crippen LogP contribution in [-0.2, 0) is 25.5 Å². The number of benzene rings is 1. The second-order valence-corrected chi connectivity index (χ2v) is 10.3. The van der Waals surface area contributed by atoms with Crippen molar-refractivity contribution in [3.05, 3.63) is 45.6 Å². The number of aryl methyl sites for hydroxylation is 1. The van der Waals surface area contributed by atoms with Crippen molar-refractivity contribution in [3.63, 3.8) is 0 Å². The van der Waals surface area contributed by atoms with Crippen molar-refractivity contribution in [3.8, 4) is 10.6 Å². The number of hydrogen-bond donors (Lipinski definition) is 0. The van der Waals surface area contributed by atoms with Gasteiger partial charge < -0.3 is 9.47 Å². The highest BCUT2D eigenvalue weighted by Crippen LogP contribution is 2.55. The van der Waals surface area contributed by atoms with Crippen LogP contribution in [0.15, 0.2) is 30.0 Å². The number of aromatic nitrogens is 1. The summed E-state index contributed by atoms with van der Waals surface area (Å²) in [6.45, 7) is 2.06. The molecule has 0 spiro atoms. The van der Waals surface area contributed by atoms with Crippen LogP contribution in [-0.4, -0.2) is 28.9 Å². The van der Waals surface area contributed by atoms with E-state index in [1.807, 2.05) is 24.3 Å². The highest BCUT2D eigenvalue weighted by molar-refractivity contribution is 7.15. The van der Waals surface area contributed by atoms with Gasteiger partial charge in [-0.05, 0) is 44.2 Å². The SMILES string of the molecule is CCc1sc(-c2ccc(Cl)cc2)nc1C1=C(OC(=O)C2CC2)[C@H]2C3CCC(O3)[C@H]2C1=O. The zero-order chi connectivity index (χ0) is 21.3. The number of fused-ring (bicyclic) bond motifs is 5. The first-order chi connectivity index (χ1) is 15.0. The molecule has 2 bridgehead atoms. The first-order valence-corrected chi connectivity index (χ1v) is 12.2. The molecule has 0 amide bonds. The van der Waals surface area contributed by atoms with Crippen molar-refractivity contribution in [2.24, 2.45) is 17.8 Å². The molecule has 3 heterocycles. The number of allylic oxidation sites excluding steroid dienone is 1. The maximum absolute atomic E-state index is 13.6. The molecule has 2 unspecified atom stereocenters. The van der Waals surface area contributed by atoms with Gasteiger partial charge in [0.15, 0.2) is 5.78 Å². The van der Waals surface area contributed by atoms with Gasteiger partial charge in [-0.15, -0.1) is 11.3 Å². The molecule has 0 N–H and O–H groups in total. The predicted molar refractivity (Wildman–Crippen MR) is 118 cm³/mol. The summed E-state index contributed by atoms with van der Waals surface area (Å²) in [6.07, 6.45) is 4.16. The lowest BCUT2D eigenvalue weighted by atomic mass is 9.80. The Balaban J connectivity index is 1.47. The summed E-state index contributed by atoms with van der Waals surface area (Å²) < 4.78 is 12.0. The Hall–Kier alpha value is -2.02. The number of hydrogen-bond acceptors (Lipinski definition) is 6. The molecule has 4 aliphatic rings. The fourth-order valence-corrected chi connectivity index (χ4v) is 6.30. The van der Waals surface area contributed by atoms with Crippen molar-refractivity contribution in [1.29, 1.82) is 0 Å². The molecule has 4 atom stereocenters. The summed E-state index contributed by atoms with van der Waals surface area (Å²) in [5, 5.41) is 1.51. The molecule has 6 rings (SSSR count). The maximum Gasteiger partial charge on any atom is 0.314 e. The van der Waals surface area contributed by atoms with Gasteiger partial charge in [0, 0.05) is 15.5 Å². The number of esters is 1. The molecule has 1 saturated carbocycles. The zero-order valence-corrected chi connectivity index (χ0v) is 18.7. The van der Waals surface area contributed by atoms with E-state index >= 15 is 0 Å². The van der Waals surface area contributed by atoms with Gasteiger partial charge >= 0.3 is 5.97 Å². The van der Waals surface area contributed by atoms with E-state index < -0.39 is 0 Å². The predicted octanol–water partition coefficient (Wildman–Crippen LogP) is 5.07. The minimum Gasteiger partial charge on any atom is -0.430 e. The second-order valence-electron chi connectivity index (χ2n) is 8.79. The summed E-state index contributed by atoms with van der Waals surface area (Å²) in [5.74, 6) is -0.112. The number of carbonyl (C=O) groups excluding carboxylic acids is 2. The summed E-state index contributed by atoms with van der Waals surface area (Å²) >= 11 is 7.62. The molecule has 160 valence electrons. The molecule has 2 aliphatic heterocycles. The Kier molecular flexibility index (Phi) is 4.60. The fraction of sp³-hybridized carbons (Fsp3) is 0.458. The Bertz CT molecular complexity index is 1120. The zero-order valence-electron chi connectivity index (χ0n) is 17.1. The second kappa shape index (κ2) is 7.26. The lowest BCUT2D eigenvalue weighted by Crippen LogP contribution is -2.30. The number of rotatable bonds is 5. The smallest absolute Gasteiger partial charge is 0.314 e. The molecule has 2 saturated heterocycles. The van der Waals surface area contributed by atoms with Gasteiger partial charge in [0.2, 0.25) is 0 Å². The minimum absolute atomic E-state index is 0.0263. The number of Topliss-reactive ketones (excluding diaryl/α,β-unsaturated/α-hetero) is 1. The number of thiazole rings is 1. The lowest BCUT2D eigenvalue weighted by molar-refractivity contribution is -0.142. The van der Waals surface area contributed by atoms with Crippen molar-refractivity contribution in [2.75, 3.05) is 0 Å². The molecular formula is C24H22ClNO4S. The van der Waals surface area contributed by atoms with E-state index in [1.165, 1.54) is 0 Å². The van der Waals surface area contributed by atoms with Crippen LogP contribution in [0.2, 0.25) is 5.02 Å². The molecule has 5 nitrogen and oxygen atoms in total. The van der Waals surface area contributed by atoms with Crippen molar-refractivity contribution in [2.45, 2.75) is 51.2 Å². The van der Waals surface area contributed by atoms with Crippen molar-refractivity contribution < 1.29 is 19.1 Å². The van der Waals surface area contributed by atoms with E-state index in [0.717, 1.165) is 47.6 Å². The highest BCUT2D eigenvalue weighted by Gasteiger charge is 2.60. The molecule has 1 aromatic carbocycles. The third-order valence-electron chi connectivity index (χ3n) is 6.84. The topological polar surface area (TPSA) is 65.5 Å². The van der Waals surface area contributed by atoms with Crippen LogP contribution >= 0.6 is 22.9 Å². The monoisotopic (exact) mass is 455 g/mol. The highest BCUT2D eigenvalue weighted by atomic mass is 35.5. The summed E-state index contributed by atoms with van der Waals surface area (Å²) in [4.78, 5) is 32.2. The third kappa shape index (κ3) is 3.11.